The highest BCUT2D eigenvalue weighted by Crippen LogP contribution is 2.33. The molecule has 1 saturated heterocycles. The molecule has 1 aliphatic rings. The maximum atomic E-state index is 13.0. The molecule has 11 heteroatoms. The Morgan fingerprint density at radius 2 is 1.74 bits per heavy atom. The third-order valence-electron chi connectivity index (χ3n) is 7.22. The lowest BCUT2D eigenvalue weighted by Gasteiger charge is -2.33. The van der Waals surface area contributed by atoms with Gasteiger partial charge in [0.1, 0.15) is 11.5 Å². The molecule has 3 heterocycles. The Kier molecular flexibility index (Phi) is 8.17. The fourth-order valence-corrected chi connectivity index (χ4v) is 5.12. The molecule has 4 aromatic rings. The predicted molar refractivity (Wildman–Crippen MR) is 162 cm³/mol. The van der Waals surface area contributed by atoms with Crippen molar-refractivity contribution in [3.05, 3.63) is 95.4 Å². The standard InChI is InChI=1S/C32H28N8O3/c1-3-6-27(41)39-18-5-4-7-25(39)31-38-28(29(30(33)42)40(31)34)21-8-10-22(11-9-21)32(43)37-26-19-23(16-17-36-26)20-12-14-24(35-2)15-13-20/h8-17,19,25H,4-5,7,18,34H2,1H3,(H2,33,42)(H,36,37,43)/t25-/m0/s1. The van der Waals surface area contributed by atoms with Crippen LogP contribution in [0.3, 0.4) is 0 Å². The Morgan fingerprint density at radius 3 is 2.42 bits per heavy atom. The molecule has 1 atom stereocenters. The SMILES string of the molecule is [C-]#[N+]c1ccc(-c2ccnc(NC(=O)c3ccc(-c4nc([C@@H]5CCCCN5C(=O)C#CC)n(N)c4C(N)=O)cc3)c2)cc1. The summed E-state index contributed by atoms with van der Waals surface area (Å²) in [7, 11) is 0. The highest BCUT2D eigenvalue weighted by Gasteiger charge is 2.33. The zero-order chi connectivity index (χ0) is 30.5. The van der Waals surface area contributed by atoms with Gasteiger partial charge in [0.2, 0.25) is 0 Å². The van der Waals surface area contributed by atoms with Gasteiger partial charge in [0.05, 0.1) is 12.6 Å². The van der Waals surface area contributed by atoms with Crippen LogP contribution in [0.25, 0.3) is 27.2 Å². The fraction of sp³-hybridized carbons (Fsp3) is 0.188. The Balaban J connectivity index is 1.39. The zero-order valence-corrected chi connectivity index (χ0v) is 23.4. The molecule has 0 spiro atoms. The number of carbonyl (C=O) groups is 3. The molecule has 0 saturated carbocycles. The number of rotatable bonds is 6. The second-order valence-corrected chi connectivity index (χ2v) is 9.91. The highest BCUT2D eigenvalue weighted by molar-refractivity contribution is 6.04. The summed E-state index contributed by atoms with van der Waals surface area (Å²) in [6.45, 7) is 9.21. The van der Waals surface area contributed by atoms with Gasteiger partial charge in [-0.25, -0.2) is 19.5 Å². The molecule has 0 unspecified atom stereocenters. The first kappa shape index (κ1) is 28.6. The van der Waals surface area contributed by atoms with E-state index >= 15 is 0 Å². The first-order valence-electron chi connectivity index (χ1n) is 13.6. The molecule has 0 radical (unpaired) electrons. The number of likely N-dealkylation sites (tertiary alicyclic amines) is 1. The lowest BCUT2D eigenvalue weighted by atomic mass is 10.0. The van der Waals surface area contributed by atoms with Gasteiger partial charge in [0, 0.05) is 23.9 Å². The van der Waals surface area contributed by atoms with E-state index in [2.05, 4.69) is 32.0 Å². The number of pyridine rings is 1. The van der Waals surface area contributed by atoms with Gasteiger partial charge in [-0.05, 0) is 67.5 Å². The summed E-state index contributed by atoms with van der Waals surface area (Å²) in [6.07, 6.45) is 3.90. The molecule has 1 fully saturated rings. The summed E-state index contributed by atoms with van der Waals surface area (Å²) in [4.78, 5) is 52.1. The molecule has 2 aromatic carbocycles. The van der Waals surface area contributed by atoms with E-state index in [4.69, 9.17) is 18.1 Å². The number of nitrogens with two attached hydrogens (primary N) is 2. The monoisotopic (exact) mass is 572 g/mol. The number of anilines is 1. The Labute approximate surface area is 248 Å². The van der Waals surface area contributed by atoms with Gasteiger partial charge in [-0.1, -0.05) is 42.3 Å². The van der Waals surface area contributed by atoms with Crippen LogP contribution in [0.4, 0.5) is 11.5 Å². The minimum Gasteiger partial charge on any atom is -0.364 e. The molecule has 11 nitrogen and oxygen atoms in total. The number of nitrogens with zero attached hydrogens (tertiary/aromatic N) is 5. The summed E-state index contributed by atoms with van der Waals surface area (Å²) in [5.41, 5.74) is 9.11. The number of nitrogen functional groups attached to an aromatic ring is 1. The van der Waals surface area contributed by atoms with E-state index in [1.54, 1.807) is 60.5 Å². The molecule has 5 rings (SSSR count). The number of hydrogen-bond donors (Lipinski definition) is 3. The largest absolute Gasteiger partial charge is 0.364 e. The molecule has 43 heavy (non-hydrogen) atoms. The average Bonchev–Trinajstić information content (AvgIpc) is 3.38. The lowest BCUT2D eigenvalue weighted by Crippen LogP contribution is -2.40. The molecule has 214 valence electrons. The first-order chi connectivity index (χ1) is 20.8. The van der Waals surface area contributed by atoms with Crippen LogP contribution in [0.2, 0.25) is 0 Å². The van der Waals surface area contributed by atoms with Gasteiger partial charge >= 0.3 is 0 Å². The molecule has 2 aromatic heterocycles. The number of amides is 3. The van der Waals surface area contributed by atoms with E-state index in [1.165, 1.54) is 0 Å². The Bertz CT molecular complexity index is 1810. The fourth-order valence-electron chi connectivity index (χ4n) is 5.12. The van der Waals surface area contributed by atoms with Crippen LogP contribution in [0, 0.1) is 18.4 Å². The van der Waals surface area contributed by atoms with E-state index in [1.807, 2.05) is 18.2 Å². The second kappa shape index (κ2) is 12.3. The Hall–Kier alpha value is -5.94. The van der Waals surface area contributed by atoms with Crippen LogP contribution in [0.5, 0.6) is 0 Å². The zero-order valence-electron chi connectivity index (χ0n) is 23.4. The van der Waals surface area contributed by atoms with Crippen molar-refractivity contribution in [1.82, 2.24) is 19.5 Å². The number of benzene rings is 2. The van der Waals surface area contributed by atoms with E-state index in [9.17, 15) is 14.4 Å². The molecule has 1 aliphatic heterocycles. The van der Waals surface area contributed by atoms with Crippen LogP contribution >= 0.6 is 0 Å². The van der Waals surface area contributed by atoms with Crippen molar-refractivity contribution in [3.8, 4) is 34.2 Å². The quantitative estimate of drug-likeness (QED) is 0.178. The summed E-state index contributed by atoms with van der Waals surface area (Å²) in [6, 6.07) is 16.8. The number of piperidine rings is 1. The number of primary amides is 1. The van der Waals surface area contributed by atoms with Gasteiger partial charge < -0.3 is 21.8 Å². The molecule has 0 aliphatic carbocycles. The number of hydrogen-bond acceptors (Lipinski definition) is 6. The van der Waals surface area contributed by atoms with Crippen molar-refractivity contribution in [2.45, 2.75) is 32.2 Å². The predicted octanol–water partition coefficient (Wildman–Crippen LogP) is 4.30. The molecule has 5 N–H and O–H groups in total. The third kappa shape index (κ3) is 5.92. The normalized spacial score (nSPS) is 14.2. The van der Waals surface area contributed by atoms with Crippen LogP contribution in [-0.2, 0) is 4.79 Å². The van der Waals surface area contributed by atoms with Crippen molar-refractivity contribution in [3.63, 3.8) is 0 Å². The number of nitrogens with one attached hydrogen (secondary N) is 1. The topological polar surface area (TPSA) is 154 Å². The summed E-state index contributed by atoms with van der Waals surface area (Å²) in [5, 5.41) is 2.80. The minimum atomic E-state index is -0.769. The van der Waals surface area contributed by atoms with E-state index < -0.39 is 11.9 Å². The van der Waals surface area contributed by atoms with Crippen molar-refractivity contribution >= 4 is 29.2 Å². The third-order valence-corrected chi connectivity index (χ3v) is 7.22. The molecule has 0 bridgehead atoms. The smallest absolute Gasteiger partial charge is 0.299 e. The minimum absolute atomic E-state index is 0.00260. The highest BCUT2D eigenvalue weighted by atomic mass is 16.2. The number of aromatic nitrogens is 3. The van der Waals surface area contributed by atoms with Gasteiger partial charge in [-0.15, -0.1) is 0 Å². The molecular weight excluding hydrogens is 544 g/mol. The maximum absolute atomic E-state index is 13.0. The second-order valence-electron chi connectivity index (χ2n) is 9.91. The van der Waals surface area contributed by atoms with Crippen LogP contribution in [-0.4, -0.2) is 43.8 Å². The van der Waals surface area contributed by atoms with Crippen molar-refractivity contribution in [2.24, 2.45) is 5.73 Å². The number of imidazole rings is 1. The first-order valence-corrected chi connectivity index (χ1v) is 13.6. The maximum Gasteiger partial charge on any atom is 0.299 e. The van der Waals surface area contributed by atoms with Crippen molar-refractivity contribution in [2.75, 3.05) is 17.7 Å². The van der Waals surface area contributed by atoms with Gasteiger partial charge in [-0.2, -0.15) is 0 Å². The van der Waals surface area contributed by atoms with E-state index in [0.717, 1.165) is 28.6 Å². The average molecular weight is 573 g/mol. The van der Waals surface area contributed by atoms with E-state index in [-0.39, 0.29) is 23.2 Å². The molecule has 3 amide bonds. The molecular formula is C32H28N8O3. The summed E-state index contributed by atoms with van der Waals surface area (Å²) in [5.74, 6) is 10.8. The van der Waals surface area contributed by atoms with Crippen molar-refractivity contribution in [1.29, 1.82) is 0 Å². The number of carbonyl (C=O) groups excluding carboxylic acids is 3. The van der Waals surface area contributed by atoms with Gasteiger partial charge in [0.15, 0.2) is 17.2 Å². The van der Waals surface area contributed by atoms with Gasteiger partial charge in [-0.3, -0.25) is 14.4 Å². The summed E-state index contributed by atoms with van der Waals surface area (Å²) < 4.78 is 1.15. The van der Waals surface area contributed by atoms with Crippen LogP contribution in [0.1, 0.15) is 58.9 Å². The van der Waals surface area contributed by atoms with Crippen LogP contribution < -0.4 is 16.9 Å². The van der Waals surface area contributed by atoms with Crippen molar-refractivity contribution < 1.29 is 14.4 Å². The summed E-state index contributed by atoms with van der Waals surface area (Å²) >= 11 is 0. The lowest BCUT2D eigenvalue weighted by molar-refractivity contribution is -0.129. The Morgan fingerprint density at radius 1 is 1.02 bits per heavy atom. The van der Waals surface area contributed by atoms with E-state index in [0.29, 0.717) is 41.4 Å². The van der Waals surface area contributed by atoms with Crippen LogP contribution in [0.15, 0.2) is 66.9 Å². The van der Waals surface area contributed by atoms with Gasteiger partial charge in [0.25, 0.3) is 17.7 Å².